The molecule has 1 aliphatic heterocycles. The highest BCUT2D eigenvalue weighted by Crippen LogP contribution is 2.17. The van der Waals surface area contributed by atoms with Gasteiger partial charge >= 0.3 is 12.0 Å². The minimum atomic E-state index is -0.407. The van der Waals surface area contributed by atoms with Crippen molar-refractivity contribution in [2.45, 2.75) is 32.2 Å². The van der Waals surface area contributed by atoms with Crippen molar-refractivity contribution >= 4 is 12.0 Å². The molecule has 1 atom stereocenters. The minimum Gasteiger partial charge on any atom is -0.467 e. The first-order chi connectivity index (χ1) is 7.20. The molecule has 1 fully saturated rings. The van der Waals surface area contributed by atoms with Crippen molar-refractivity contribution in [3.8, 4) is 0 Å². The zero-order chi connectivity index (χ0) is 11.3. The zero-order valence-electron chi connectivity index (χ0n) is 9.28. The molecule has 0 bridgehead atoms. The molecule has 0 radical (unpaired) electrons. The molecule has 0 aromatic rings. The second-order valence-corrected chi connectivity index (χ2v) is 3.56. The average molecular weight is 214 g/mol. The van der Waals surface area contributed by atoms with Gasteiger partial charge in [-0.2, -0.15) is 0 Å². The lowest BCUT2D eigenvalue weighted by Gasteiger charge is -2.33. The Morgan fingerprint density at radius 3 is 2.80 bits per heavy atom. The third kappa shape index (κ3) is 2.84. The summed E-state index contributed by atoms with van der Waals surface area (Å²) in [5.41, 5.74) is 0. The number of urea groups is 1. The molecule has 0 aromatic carbocycles. The molecule has 0 saturated carbocycles. The Hall–Kier alpha value is -1.26. The number of carbonyl (C=O) groups excluding carboxylic acids is 2. The lowest BCUT2D eigenvalue weighted by atomic mass is 10.0. The molecule has 5 heteroatoms. The van der Waals surface area contributed by atoms with E-state index in [4.69, 9.17) is 0 Å². The number of nitrogens with one attached hydrogen (secondary N) is 1. The van der Waals surface area contributed by atoms with Crippen LogP contribution in [0.1, 0.15) is 26.2 Å². The second-order valence-electron chi connectivity index (χ2n) is 3.56. The number of hydrogen-bond acceptors (Lipinski definition) is 3. The summed E-state index contributed by atoms with van der Waals surface area (Å²) in [4.78, 5) is 24.6. The standard InChI is InChI=1S/C10H18N2O3/c1-3-11-10(14)12-7-5-4-6-8(12)9(13)15-2/h8H,3-7H2,1-2H3,(H,11,14)/t8-/m1/s1. The van der Waals surface area contributed by atoms with Crippen LogP contribution < -0.4 is 5.32 Å². The molecule has 1 N–H and O–H groups in total. The number of piperidine rings is 1. The topological polar surface area (TPSA) is 58.6 Å². The highest BCUT2D eigenvalue weighted by atomic mass is 16.5. The SMILES string of the molecule is CCNC(=O)N1CCCC[C@@H]1C(=O)OC. The van der Waals surface area contributed by atoms with Crippen molar-refractivity contribution in [1.82, 2.24) is 10.2 Å². The monoisotopic (exact) mass is 214 g/mol. The van der Waals surface area contributed by atoms with Crippen molar-refractivity contribution < 1.29 is 14.3 Å². The van der Waals surface area contributed by atoms with Crippen molar-refractivity contribution in [2.75, 3.05) is 20.2 Å². The minimum absolute atomic E-state index is 0.174. The van der Waals surface area contributed by atoms with Gasteiger partial charge in [0.25, 0.3) is 0 Å². The molecule has 15 heavy (non-hydrogen) atoms. The van der Waals surface area contributed by atoms with E-state index in [1.807, 2.05) is 6.92 Å². The average Bonchev–Trinajstić information content (AvgIpc) is 2.28. The van der Waals surface area contributed by atoms with Gasteiger partial charge in [-0.25, -0.2) is 9.59 Å². The van der Waals surface area contributed by atoms with E-state index in [1.165, 1.54) is 7.11 Å². The van der Waals surface area contributed by atoms with Crippen LogP contribution in [0.15, 0.2) is 0 Å². The number of nitrogens with zero attached hydrogens (tertiary/aromatic N) is 1. The van der Waals surface area contributed by atoms with Crippen LogP contribution in [0.5, 0.6) is 0 Å². The maximum absolute atomic E-state index is 11.6. The van der Waals surface area contributed by atoms with Gasteiger partial charge in [-0.05, 0) is 26.2 Å². The van der Waals surface area contributed by atoms with E-state index < -0.39 is 6.04 Å². The summed E-state index contributed by atoms with van der Waals surface area (Å²) in [6.07, 6.45) is 2.62. The van der Waals surface area contributed by atoms with Gasteiger partial charge in [0, 0.05) is 13.1 Å². The molecule has 5 nitrogen and oxygen atoms in total. The largest absolute Gasteiger partial charge is 0.467 e. The molecule has 0 aliphatic carbocycles. The summed E-state index contributed by atoms with van der Waals surface area (Å²) in [6.45, 7) is 3.06. The van der Waals surface area contributed by atoms with E-state index in [0.29, 0.717) is 19.5 Å². The van der Waals surface area contributed by atoms with Gasteiger partial charge < -0.3 is 15.0 Å². The maximum atomic E-state index is 11.6. The predicted octanol–water partition coefficient (Wildman–Crippen LogP) is 0.743. The molecule has 2 amide bonds. The Balaban J connectivity index is 2.65. The van der Waals surface area contributed by atoms with E-state index in [1.54, 1.807) is 4.90 Å². The normalized spacial score (nSPS) is 20.9. The fourth-order valence-electron chi connectivity index (χ4n) is 1.81. The van der Waals surface area contributed by atoms with E-state index in [0.717, 1.165) is 12.8 Å². The number of esters is 1. The lowest BCUT2D eigenvalue weighted by molar-refractivity contribution is -0.146. The summed E-state index contributed by atoms with van der Waals surface area (Å²) in [6, 6.07) is -0.581. The smallest absolute Gasteiger partial charge is 0.328 e. The highest BCUT2D eigenvalue weighted by molar-refractivity contribution is 5.83. The van der Waals surface area contributed by atoms with Crippen LogP contribution >= 0.6 is 0 Å². The number of ether oxygens (including phenoxy) is 1. The van der Waals surface area contributed by atoms with Crippen molar-refractivity contribution in [1.29, 1.82) is 0 Å². The first-order valence-corrected chi connectivity index (χ1v) is 5.33. The maximum Gasteiger partial charge on any atom is 0.328 e. The number of likely N-dealkylation sites (tertiary alicyclic amines) is 1. The van der Waals surface area contributed by atoms with Gasteiger partial charge in [-0.3, -0.25) is 0 Å². The van der Waals surface area contributed by atoms with Gasteiger partial charge in [0.1, 0.15) is 6.04 Å². The van der Waals surface area contributed by atoms with Crippen molar-refractivity contribution in [3.63, 3.8) is 0 Å². The summed E-state index contributed by atoms with van der Waals surface area (Å²) in [7, 11) is 1.35. The van der Waals surface area contributed by atoms with Crippen LogP contribution in [0.4, 0.5) is 4.79 Å². The van der Waals surface area contributed by atoms with Crippen LogP contribution in [-0.2, 0) is 9.53 Å². The molecular weight excluding hydrogens is 196 g/mol. The van der Waals surface area contributed by atoms with Gasteiger partial charge in [0.05, 0.1) is 7.11 Å². The van der Waals surface area contributed by atoms with Gasteiger partial charge in [-0.15, -0.1) is 0 Å². The Labute approximate surface area is 89.8 Å². The Morgan fingerprint density at radius 1 is 1.47 bits per heavy atom. The van der Waals surface area contributed by atoms with E-state index in [9.17, 15) is 9.59 Å². The second kappa shape index (κ2) is 5.58. The molecule has 0 aromatic heterocycles. The highest BCUT2D eigenvalue weighted by Gasteiger charge is 2.32. The molecular formula is C10H18N2O3. The summed E-state index contributed by atoms with van der Waals surface area (Å²) < 4.78 is 4.69. The van der Waals surface area contributed by atoms with Gasteiger partial charge in [0.15, 0.2) is 0 Å². The van der Waals surface area contributed by atoms with E-state index >= 15 is 0 Å². The fraction of sp³-hybridized carbons (Fsp3) is 0.800. The van der Waals surface area contributed by atoms with Crippen LogP contribution in [0.3, 0.4) is 0 Å². The number of methoxy groups -OCH3 is 1. The van der Waals surface area contributed by atoms with Crippen molar-refractivity contribution in [3.05, 3.63) is 0 Å². The third-order valence-corrected chi connectivity index (χ3v) is 2.56. The quantitative estimate of drug-likeness (QED) is 0.690. The summed E-state index contributed by atoms with van der Waals surface area (Å²) in [5.74, 6) is -0.319. The molecule has 1 saturated heterocycles. The van der Waals surface area contributed by atoms with E-state index in [2.05, 4.69) is 10.1 Å². The molecule has 0 unspecified atom stereocenters. The van der Waals surface area contributed by atoms with Gasteiger partial charge in [-0.1, -0.05) is 0 Å². The Morgan fingerprint density at radius 2 is 2.20 bits per heavy atom. The van der Waals surface area contributed by atoms with E-state index in [-0.39, 0.29) is 12.0 Å². The molecule has 86 valence electrons. The number of amides is 2. The summed E-state index contributed by atoms with van der Waals surface area (Å²) in [5, 5.41) is 2.70. The summed E-state index contributed by atoms with van der Waals surface area (Å²) >= 11 is 0. The first-order valence-electron chi connectivity index (χ1n) is 5.33. The molecule has 1 rings (SSSR count). The lowest BCUT2D eigenvalue weighted by Crippen LogP contribution is -2.52. The Kier molecular flexibility index (Phi) is 4.39. The van der Waals surface area contributed by atoms with Crippen molar-refractivity contribution in [2.24, 2.45) is 0 Å². The fourth-order valence-corrected chi connectivity index (χ4v) is 1.81. The molecule has 0 spiro atoms. The van der Waals surface area contributed by atoms with Crippen LogP contribution in [0.25, 0.3) is 0 Å². The third-order valence-electron chi connectivity index (χ3n) is 2.56. The van der Waals surface area contributed by atoms with Gasteiger partial charge in [0.2, 0.25) is 0 Å². The van der Waals surface area contributed by atoms with Crippen LogP contribution in [-0.4, -0.2) is 43.1 Å². The Bertz CT molecular complexity index is 243. The van der Waals surface area contributed by atoms with Crippen LogP contribution in [0.2, 0.25) is 0 Å². The molecule has 1 heterocycles. The zero-order valence-corrected chi connectivity index (χ0v) is 9.28. The number of carbonyl (C=O) groups is 2. The number of hydrogen-bond donors (Lipinski definition) is 1. The predicted molar refractivity (Wildman–Crippen MR) is 55.4 cm³/mol. The number of rotatable bonds is 2. The van der Waals surface area contributed by atoms with Crippen LogP contribution in [0, 0.1) is 0 Å². The first kappa shape index (κ1) is 11.8. The molecule has 1 aliphatic rings.